The maximum atomic E-state index is 2.33. The minimum absolute atomic E-state index is 1.16. The highest BCUT2D eigenvalue weighted by Gasteiger charge is 2.04. The van der Waals surface area contributed by atoms with Crippen LogP contribution in [0.25, 0.3) is 16.7 Å². The Labute approximate surface area is 121 Å². The van der Waals surface area contributed by atoms with E-state index in [2.05, 4.69) is 74.5 Å². The zero-order chi connectivity index (χ0) is 13.9. The molecule has 0 heterocycles. The molecule has 0 saturated heterocycles. The van der Waals surface area contributed by atoms with E-state index in [4.69, 9.17) is 0 Å². The highest BCUT2D eigenvalue weighted by molar-refractivity contribution is 5.77. The molecule has 0 aromatic heterocycles. The van der Waals surface area contributed by atoms with Crippen molar-refractivity contribution in [1.29, 1.82) is 0 Å². The number of allylic oxidation sites excluding steroid dienone is 4. The van der Waals surface area contributed by atoms with E-state index in [1.807, 2.05) is 0 Å². The monoisotopic (exact) mass is 260 g/mol. The Morgan fingerprint density at radius 3 is 2.25 bits per heavy atom. The Balaban J connectivity index is 1.95. The van der Waals surface area contributed by atoms with Crippen LogP contribution in [0.2, 0.25) is 0 Å². The van der Waals surface area contributed by atoms with Gasteiger partial charge in [-0.15, -0.1) is 0 Å². The number of rotatable bonds is 2. The Morgan fingerprint density at radius 1 is 0.800 bits per heavy atom. The van der Waals surface area contributed by atoms with Gasteiger partial charge in [0.25, 0.3) is 0 Å². The molecule has 0 atom stereocenters. The lowest BCUT2D eigenvalue weighted by atomic mass is 9.95. The summed E-state index contributed by atoms with van der Waals surface area (Å²) < 4.78 is 0. The minimum Gasteiger partial charge on any atom is -0.0836 e. The predicted octanol–water partition coefficient (Wildman–Crippen LogP) is 5.70. The molecule has 100 valence electrons. The summed E-state index contributed by atoms with van der Waals surface area (Å²) in [5.41, 5.74) is 7.95. The Morgan fingerprint density at radius 2 is 1.55 bits per heavy atom. The molecule has 20 heavy (non-hydrogen) atoms. The van der Waals surface area contributed by atoms with Gasteiger partial charge >= 0.3 is 0 Å². The van der Waals surface area contributed by atoms with Crippen molar-refractivity contribution in [3.05, 3.63) is 77.4 Å². The van der Waals surface area contributed by atoms with Crippen molar-refractivity contribution in [2.75, 3.05) is 0 Å². The van der Waals surface area contributed by atoms with Crippen molar-refractivity contribution in [2.45, 2.75) is 26.7 Å². The van der Waals surface area contributed by atoms with E-state index in [1.165, 1.54) is 39.8 Å². The number of hydrogen-bond donors (Lipinski definition) is 0. The molecule has 1 aliphatic carbocycles. The standard InChI is InChI=1S/C20H20/c1-15-8-9-16(2)20(14-15)19-12-10-18(11-13-19)17-6-4-3-5-7-17/h4,6-14H,3,5H2,1-2H3. The van der Waals surface area contributed by atoms with Gasteiger partial charge in [-0.3, -0.25) is 0 Å². The molecule has 0 saturated carbocycles. The molecular formula is C20H20. The van der Waals surface area contributed by atoms with Crippen molar-refractivity contribution in [2.24, 2.45) is 0 Å². The molecule has 0 N–H and O–H groups in total. The van der Waals surface area contributed by atoms with E-state index < -0.39 is 0 Å². The van der Waals surface area contributed by atoms with Gasteiger partial charge in [0.2, 0.25) is 0 Å². The van der Waals surface area contributed by atoms with Crippen LogP contribution in [0.3, 0.4) is 0 Å². The second-order valence-corrected chi connectivity index (χ2v) is 5.53. The summed E-state index contributed by atoms with van der Waals surface area (Å²) in [6.45, 7) is 4.32. The van der Waals surface area contributed by atoms with Crippen molar-refractivity contribution >= 4 is 5.57 Å². The summed E-state index contributed by atoms with van der Waals surface area (Å²) in [6, 6.07) is 15.6. The fourth-order valence-corrected chi connectivity index (χ4v) is 2.72. The van der Waals surface area contributed by atoms with Gasteiger partial charge in [0.05, 0.1) is 0 Å². The van der Waals surface area contributed by atoms with Gasteiger partial charge in [-0.2, -0.15) is 0 Å². The zero-order valence-corrected chi connectivity index (χ0v) is 12.2. The van der Waals surface area contributed by atoms with E-state index in [0.717, 1.165) is 6.42 Å². The topological polar surface area (TPSA) is 0 Å². The van der Waals surface area contributed by atoms with E-state index in [0.29, 0.717) is 0 Å². The molecule has 0 spiro atoms. The number of hydrogen-bond acceptors (Lipinski definition) is 0. The number of aryl methyl sites for hydroxylation is 2. The predicted molar refractivity (Wildman–Crippen MR) is 87.7 cm³/mol. The molecule has 2 aromatic rings. The molecule has 0 unspecified atom stereocenters. The molecule has 0 aliphatic heterocycles. The van der Waals surface area contributed by atoms with Gasteiger partial charge in [0, 0.05) is 0 Å². The summed E-state index contributed by atoms with van der Waals surface area (Å²) in [7, 11) is 0. The molecule has 3 rings (SSSR count). The first-order valence-corrected chi connectivity index (χ1v) is 7.29. The smallest absolute Gasteiger partial charge is 0.0152 e. The van der Waals surface area contributed by atoms with Crippen molar-refractivity contribution in [3.63, 3.8) is 0 Å². The first-order valence-electron chi connectivity index (χ1n) is 7.29. The molecule has 1 aliphatic rings. The molecular weight excluding hydrogens is 240 g/mol. The zero-order valence-electron chi connectivity index (χ0n) is 12.2. The quantitative estimate of drug-likeness (QED) is 0.649. The minimum atomic E-state index is 1.16. The lowest BCUT2D eigenvalue weighted by Gasteiger charge is -2.10. The lowest BCUT2D eigenvalue weighted by Crippen LogP contribution is -1.88. The Kier molecular flexibility index (Phi) is 3.56. The highest BCUT2D eigenvalue weighted by Crippen LogP contribution is 2.27. The van der Waals surface area contributed by atoms with Crippen molar-refractivity contribution in [3.8, 4) is 11.1 Å². The number of benzene rings is 2. The van der Waals surface area contributed by atoms with Crippen LogP contribution < -0.4 is 0 Å². The van der Waals surface area contributed by atoms with Crippen LogP contribution in [0.15, 0.2) is 60.7 Å². The fourth-order valence-electron chi connectivity index (χ4n) is 2.72. The third-order valence-electron chi connectivity index (χ3n) is 3.92. The first kappa shape index (κ1) is 12.9. The van der Waals surface area contributed by atoms with Crippen LogP contribution in [-0.2, 0) is 0 Å². The highest BCUT2D eigenvalue weighted by atomic mass is 14.1. The third kappa shape index (κ3) is 2.60. The molecule has 0 heteroatoms. The van der Waals surface area contributed by atoms with Crippen LogP contribution in [0.4, 0.5) is 0 Å². The largest absolute Gasteiger partial charge is 0.0836 e. The molecule has 0 fully saturated rings. The third-order valence-corrected chi connectivity index (χ3v) is 3.92. The van der Waals surface area contributed by atoms with E-state index in [-0.39, 0.29) is 0 Å². The lowest BCUT2D eigenvalue weighted by molar-refractivity contribution is 1.04. The van der Waals surface area contributed by atoms with Crippen LogP contribution in [-0.4, -0.2) is 0 Å². The van der Waals surface area contributed by atoms with Crippen LogP contribution in [0.1, 0.15) is 29.5 Å². The van der Waals surface area contributed by atoms with Gasteiger partial charge in [0.1, 0.15) is 0 Å². The average Bonchev–Trinajstić information content (AvgIpc) is 2.51. The Hall–Kier alpha value is -2.08. The molecule has 0 amide bonds. The van der Waals surface area contributed by atoms with Crippen LogP contribution in [0.5, 0.6) is 0 Å². The van der Waals surface area contributed by atoms with Gasteiger partial charge in [-0.05, 0) is 54.5 Å². The van der Waals surface area contributed by atoms with Gasteiger partial charge in [0.15, 0.2) is 0 Å². The summed E-state index contributed by atoms with van der Waals surface area (Å²) >= 11 is 0. The molecule has 0 nitrogen and oxygen atoms in total. The summed E-state index contributed by atoms with van der Waals surface area (Å²) in [6.07, 6.45) is 9.14. The van der Waals surface area contributed by atoms with Gasteiger partial charge in [-0.25, -0.2) is 0 Å². The van der Waals surface area contributed by atoms with Crippen LogP contribution >= 0.6 is 0 Å². The Bertz CT molecular complexity index is 670. The second-order valence-electron chi connectivity index (χ2n) is 5.53. The maximum Gasteiger partial charge on any atom is -0.0152 e. The summed E-state index contributed by atoms with van der Waals surface area (Å²) in [5.74, 6) is 0. The van der Waals surface area contributed by atoms with Gasteiger partial charge in [-0.1, -0.05) is 66.3 Å². The average molecular weight is 260 g/mol. The van der Waals surface area contributed by atoms with E-state index in [1.54, 1.807) is 0 Å². The van der Waals surface area contributed by atoms with Crippen molar-refractivity contribution < 1.29 is 0 Å². The van der Waals surface area contributed by atoms with Crippen molar-refractivity contribution in [1.82, 2.24) is 0 Å². The van der Waals surface area contributed by atoms with Gasteiger partial charge < -0.3 is 0 Å². The van der Waals surface area contributed by atoms with E-state index in [9.17, 15) is 0 Å². The normalized spacial score (nSPS) is 14.2. The summed E-state index contributed by atoms with van der Waals surface area (Å²) in [4.78, 5) is 0. The second kappa shape index (κ2) is 5.50. The summed E-state index contributed by atoms with van der Waals surface area (Å²) in [5, 5.41) is 0. The molecule has 0 bridgehead atoms. The first-order chi connectivity index (χ1) is 9.74. The molecule has 2 aromatic carbocycles. The SMILES string of the molecule is Cc1ccc(C)c(-c2ccc(C3=CCCC=C3)cc2)c1. The van der Waals surface area contributed by atoms with Crippen LogP contribution in [0, 0.1) is 13.8 Å². The van der Waals surface area contributed by atoms with E-state index >= 15 is 0 Å². The maximum absolute atomic E-state index is 2.33. The fraction of sp³-hybridized carbons (Fsp3) is 0.200. The molecule has 0 radical (unpaired) electrons.